The average Bonchev–Trinajstić information content (AvgIpc) is 3.72. The minimum Gasteiger partial charge on any atom is -0.493 e. The fraction of sp³-hybridized carbons (Fsp3) is 0.701. The third kappa shape index (κ3) is 37.0. The molecule has 2 aromatic rings. The summed E-state index contributed by atoms with van der Waals surface area (Å²) in [4.78, 5) is 0. The molecule has 0 aromatic heterocycles. The summed E-state index contributed by atoms with van der Waals surface area (Å²) < 4.78 is 1.42. The number of nitrogens with zero attached hydrogens (tertiary/aromatic N) is 2. The van der Waals surface area contributed by atoms with Crippen molar-refractivity contribution in [3.05, 3.63) is 88.0 Å². The largest absolute Gasteiger partial charge is 0.493 e. The molecule has 2 N–H and O–H groups in total. The van der Waals surface area contributed by atoms with Gasteiger partial charge in [-0.25, -0.2) is 4.70 Å². The van der Waals surface area contributed by atoms with Crippen LogP contribution in [-0.2, 0) is 33.3 Å². The molecule has 0 spiro atoms. The van der Waals surface area contributed by atoms with E-state index in [1.165, 1.54) is 202 Å². The Bertz CT molecular complexity index is 1750. The summed E-state index contributed by atoms with van der Waals surface area (Å²) >= 11 is 0. The zero-order valence-electron chi connectivity index (χ0n) is 47.5. The van der Waals surface area contributed by atoms with Gasteiger partial charge in [0.2, 0.25) is 11.4 Å². The zero-order valence-corrected chi connectivity index (χ0v) is 49.1. The first-order valence-electron chi connectivity index (χ1n) is 30.3. The molecule has 0 saturated carbocycles. The molecule has 0 saturated heterocycles. The van der Waals surface area contributed by atoms with Crippen LogP contribution in [0.25, 0.3) is 16.9 Å². The topological polar surface area (TPSA) is 65.8 Å². The number of aliphatic hydroxyl groups is 2. The normalized spacial score (nSPS) is 11.7. The van der Waals surface area contributed by atoms with E-state index in [9.17, 15) is 5.53 Å². The van der Waals surface area contributed by atoms with Crippen LogP contribution in [0.5, 0.6) is 0 Å². The van der Waals surface area contributed by atoms with Gasteiger partial charge >= 0.3 is 0 Å². The van der Waals surface area contributed by atoms with Crippen LogP contribution in [0.1, 0.15) is 301 Å². The maximum atomic E-state index is 11.9. The second-order valence-electron chi connectivity index (χ2n) is 20.4. The minimum absolute atomic E-state index is 0. The molecule has 5 heteroatoms. The number of hydrogen-bond acceptors (Lipinski definition) is 2. The Balaban J connectivity index is 0.00000415. The summed E-state index contributed by atoms with van der Waals surface area (Å²) in [6, 6.07) is 17.3. The first-order valence-corrected chi connectivity index (χ1v) is 30.3. The van der Waals surface area contributed by atoms with E-state index in [1.54, 1.807) is 0 Å². The van der Waals surface area contributed by atoms with Crippen molar-refractivity contribution < 1.29 is 35.3 Å². The molecular formula is C67H110N2O2Pd. The van der Waals surface area contributed by atoms with Crippen molar-refractivity contribution in [2.45, 2.75) is 291 Å². The predicted octanol–water partition coefficient (Wildman–Crippen LogP) is 20.5. The van der Waals surface area contributed by atoms with Crippen molar-refractivity contribution >= 4 is 11.4 Å². The van der Waals surface area contributed by atoms with Gasteiger partial charge in [-0.1, -0.05) is 263 Å². The molecule has 0 fully saturated rings. The molecule has 0 amide bonds. The number of rotatable bonds is 40. The van der Waals surface area contributed by atoms with Crippen LogP contribution in [-0.4, -0.2) is 28.1 Å². The quantitative estimate of drug-likeness (QED) is 0.0302. The van der Waals surface area contributed by atoms with Crippen molar-refractivity contribution in [1.29, 1.82) is 0 Å². The molecule has 1 aliphatic rings. The Morgan fingerprint density at radius 2 is 0.847 bits per heavy atom. The molecule has 0 bridgehead atoms. The van der Waals surface area contributed by atoms with Crippen LogP contribution in [0.3, 0.4) is 0 Å². The summed E-state index contributed by atoms with van der Waals surface area (Å²) in [5.41, 5.74) is 19.1. The van der Waals surface area contributed by atoms with Crippen molar-refractivity contribution in [3.63, 3.8) is 0 Å². The van der Waals surface area contributed by atoms with Crippen molar-refractivity contribution in [2.75, 3.05) is 13.2 Å². The van der Waals surface area contributed by atoms with E-state index in [4.69, 9.17) is 10.2 Å². The molecule has 0 radical (unpaired) electrons. The van der Waals surface area contributed by atoms with Gasteiger partial charge in [0.15, 0.2) is 0 Å². The monoisotopic (exact) mass is 1080 g/mol. The standard InChI is InChI=1S/C59H90N2.2C4H10O.Pd/c1-4-7-10-12-14-16-18-20-22-23-24-25-26-27-28-30-31-33-35-37-39-46-54-47-41-42-50-57(54)59-56(48-40-38-36-34-32-29-21-19-17-15-13-11-8-5-2)52-58(61(59)60)55-49-43-45-53(51-55)44-9-6-3;2*1-2-3-4-5;/h41-43,45,47,49-52H,4-32,34,36-39,44,46H2,1-3H3;2*5H,2-4H2,1H3;. The summed E-state index contributed by atoms with van der Waals surface area (Å²) in [5, 5.41) is 16.1. The van der Waals surface area contributed by atoms with Gasteiger partial charge < -0.3 is 15.7 Å². The molecule has 0 aliphatic carbocycles. The number of benzene rings is 2. The molecule has 1 heterocycles. The fourth-order valence-corrected chi connectivity index (χ4v) is 9.13. The Morgan fingerprint density at radius 1 is 0.431 bits per heavy atom. The van der Waals surface area contributed by atoms with Crippen LogP contribution in [0.2, 0.25) is 0 Å². The van der Waals surface area contributed by atoms with E-state index in [0.29, 0.717) is 13.2 Å². The van der Waals surface area contributed by atoms with E-state index >= 15 is 0 Å². The molecule has 4 nitrogen and oxygen atoms in total. The Kier molecular flexibility index (Phi) is 51.0. The van der Waals surface area contributed by atoms with Gasteiger partial charge in [-0.2, -0.15) is 0 Å². The maximum absolute atomic E-state index is 11.9. The summed E-state index contributed by atoms with van der Waals surface area (Å²) in [7, 11) is 0. The predicted molar refractivity (Wildman–Crippen MR) is 312 cm³/mol. The van der Waals surface area contributed by atoms with Crippen LogP contribution >= 0.6 is 0 Å². The van der Waals surface area contributed by atoms with E-state index in [0.717, 1.165) is 98.7 Å². The second-order valence-corrected chi connectivity index (χ2v) is 20.4. The number of aliphatic hydroxyl groups excluding tert-OH is 2. The number of aryl methyl sites for hydroxylation is 2. The third-order valence-electron chi connectivity index (χ3n) is 13.7. The van der Waals surface area contributed by atoms with Crippen molar-refractivity contribution in [1.82, 2.24) is 0 Å². The van der Waals surface area contributed by atoms with Crippen LogP contribution in [0, 0.1) is 23.7 Å². The molecule has 0 unspecified atom stereocenters. The molecule has 3 rings (SSSR count). The van der Waals surface area contributed by atoms with Crippen LogP contribution < -0.4 is 0 Å². The molecule has 1 aliphatic heterocycles. The zero-order chi connectivity index (χ0) is 51.5. The first-order chi connectivity index (χ1) is 35.0. The Hall–Kier alpha value is -2.78. The van der Waals surface area contributed by atoms with Gasteiger partial charge in [0, 0.05) is 64.5 Å². The number of unbranched alkanes of at least 4 members (excludes halogenated alkanes) is 32. The SMILES string of the molecule is CCCCCCCCCCCCCCC#CC1=C(c2ccccc2CCCC#CCCCCCCCCCCCCCCCCCC)[N+](=[N-])C(c2cccc(CCCC)c2)=C1.CCCCO.CCCCO.[Pd]. The maximum Gasteiger partial charge on any atom is 0.223 e. The van der Waals surface area contributed by atoms with E-state index in [2.05, 4.69) is 113 Å². The summed E-state index contributed by atoms with van der Waals surface area (Å²) in [5.74, 6) is 14.0. The second kappa shape index (κ2) is 53.1. The van der Waals surface area contributed by atoms with Crippen LogP contribution in [0.15, 0.2) is 60.2 Å². The van der Waals surface area contributed by atoms with Gasteiger partial charge in [-0.05, 0) is 80.7 Å². The Labute approximate surface area is 460 Å². The van der Waals surface area contributed by atoms with E-state index in [-0.39, 0.29) is 20.4 Å². The Morgan fingerprint density at radius 3 is 1.29 bits per heavy atom. The fourth-order valence-electron chi connectivity index (χ4n) is 9.13. The molecule has 72 heavy (non-hydrogen) atoms. The van der Waals surface area contributed by atoms with Gasteiger partial charge in [-0.15, -0.1) is 11.8 Å². The van der Waals surface area contributed by atoms with E-state index in [1.807, 2.05) is 0 Å². The smallest absolute Gasteiger partial charge is 0.223 e. The van der Waals surface area contributed by atoms with Gasteiger partial charge in [0.1, 0.15) is 5.57 Å². The van der Waals surface area contributed by atoms with E-state index < -0.39 is 0 Å². The van der Waals surface area contributed by atoms with Gasteiger partial charge in [0.05, 0.1) is 5.56 Å². The number of hydrogen-bond donors (Lipinski definition) is 2. The van der Waals surface area contributed by atoms with Crippen LogP contribution in [0.4, 0.5) is 0 Å². The van der Waals surface area contributed by atoms with Gasteiger partial charge in [-0.3, -0.25) is 0 Å². The summed E-state index contributed by atoms with van der Waals surface area (Å²) in [6.45, 7) is 11.6. The van der Waals surface area contributed by atoms with Crippen molar-refractivity contribution in [3.8, 4) is 23.7 Å². The molecular weight excluding hydrogens is 971 g/mol. The number of allylic oxidation sites excluding steroid dienone is 2. The van der Waals surface area contributed by atoms with Crippen molar-refractivity contribution in [2.24, 2.45) is 0 Å². The third-order valence-corrected chi connectivity index (χ3v) is 13.7. The molecule has 0 atom stereocenters. The average molecular weight is 1080 g/mol. The first kappa shape index (κ1) is 69.2. The minimum atomic E-state index is 0. The molecule has 410 valence electrons. The summed E-state index contributed by atoms with van der Waals surface area (Å²) in [6.07, 6.45) is 53.0. The molecule has 2 aromatic carbocycles. The van der Waals surface area contributed by atoms with Gasteiger partial charge in [0.25, 0.3) is 0 Å².